The molecule has 0 unspecified atom stereocenters. The molecule has 0 radical (unpaired) electrons. The summed E-state index contributed by atoms with van der Waals surface area (Å²) >= 11 is 1.97. The zero-order chi connectivity index (χ0) is 34.8. The van der Waals surface area contributed by atoms with Gasteiger partial charge >= 0.3 is 0 Å². The molecule has 14 rings (SSSR count). The molecule has 10 aromatic rings. The molecule has 8 aromatic carbocycles. The lowest BCUT2D eigenvalue weighted by Crippen LogP contribution is -2.64. The van der Waals surface area contributed by atoms with Crippen molar-refractivity contribution in [3.8, 4) is 11.4 Å². The largest absolute Gasteiger partial charge is 0.310 e. The van der Waals surface area contributed by atoms with Gasteiger partial charge in [-0.1, -0.05) is 145 Å². The SMILES string of the molecule is c1ccc(N2c3ccccc3B3c4c2c2c5c(c4-n4c6ccccc6c6cccc3c64)-n3c4ccccc4c4cccc(c43)B5c3ccccc3S2)cc1. The van der Waals surface area contributed by atoms with E-state index in [9.17, 15) is 0 Å². The minimum Gasteiger partial charge on any atom is -0.310 e. The standard InChI is InChI=1S/C48H27B2N3S/c1-2-14-28(15-3-1)51-39-26-10-6-20-33(39)49-35-22-12-18-31-29-16-4-8-24-37(29)52(43(31)35)45-41(49)47(51)48-42-46(45)53-38-25-9-5-17-30(38)32-19-13-23-36(44(32)53)50(42)34-21-7-11-27-40(34)54-48/h1-27H. The monoisotopic (exact) mass is 699 g/mol. The number of rotatable bonds is 1. The van der Waals surface area contributed by atoms with E-state index in [1.165, 1.54) is 115 Å². The fraction of sp³-hybridized carbons (Fsp3) is 0. The molecule has 246 valence electrons. The van der Waals surface area contributed by atoms with Crippen LogP contribution in [0.5, 0.6) is 0 Å². The highest BCUT2D eigenvalue weighted by molar-refractivity contribution is 8.00. The molecule has 0 fully saturated rings. The van der Waals surface area contributed by atoms with Gasteiger partial charge in [0.15, 0.2) is 0 Å². The van der Waals surface area contributed by atoms with E-state index in [-0.39, 0.29) is 13.4 Å². The quantitative estimate of drug-likeness (QED) is 0.163. The van der Waals surface area contributed by atoms with E-state index < -0.39 is 0 Å². The molecule has 6 heteroatoms. The highest BCUT2D eigenvalue weighted by Gasteiger charge is 2.50. The van der Waals surface area contributed by atoms with Gasteiger partial charge in [0.1, 0.15) is 0 Å². The van der Waals surface area contributed by atoms with E-state index >= 15 is 0 Å². The molecule has 4 aliphatic heterocycles. The van der Waals surface area contributed by atoms with E-state index in [2.05, 4.69) is 178 Å². The van der Waals surface area contributed by atoms with Crippen LogP contribution in [-0.4, -0.2) is 22.6 Å². The summed E-state index contributed by atoms with van der Waals surface area (Å²) < 4.78 is 5.33. The van der Waals surface area contributed by atoms with Crippen molar-refractivity contribution in [3.63, 3.8) is 0 Å². The molecular formula is C48H27B2N3S. The van der Waals surface area contributed by atoms with Crippen molar-refractivity contribution in [2.45, 2.75) is 9.79 Å². The third kappa shape index (κ3) is 3.16. The van der Waals surface area contributed by atoms with Crippen LogP contribution >= 0.6 is 11.8 Å². The highest BCUT2D eigenvalue weighted by atomic mass is 32.2. The van der Waals surface area contributed by atoms with E-state index in [0.717, 1.165) is 0 Å². The second kappa shape index (κ2) is 9.79. The Morgan fingerprint density at radius 1 is 0.389 bits per heavy atom. The first-order valence-corrected chi connectivity index (χ1v) is 19.7. The van der Waals surface area contributed by atoms with Gasteiger partial charge in [0, 0.05) is 53.7 Å². The Labute approximate surface area is 316 Å². The van der Waals surface area contributed by atoms with Crippen LogP contribution < -0.4 is 37.7 Å². The molecule has 6 heterocycles. The molecule has 0 bridgehead atoms. The predicted molar refractivity (Wildman–Crippen MR) is 230 cm³/mol. The molecular weight excluding hydrogens is 672 g/mol. The first kappa shape index (κ1) is 28.2. The Morgan fingerprint density at radius 3 is 1.61 bits per heavy atom. The van der Waals surface area contributed by atoms with Crippen molar-refractivity contribution >= 4 is 119 Å². The van der Waals surface area contributed by atoms with Gasteiger partial charge in [-0.2, -0.15) is 0 Å². The number of aromatic nitrogens is 2. The fourth-order valence-corrected chi connectivity index (χ4v) is 12.1. The van der Waals surface area contributed by atoms with Crippen molar-refractivity contribution in [3.05, 3.63) is 164 Å². The lowest BCUT2D eigenvalue weighted by atomic mass is 9.31. The van der Waals surface area contributed by atoms with Gasteiger partial charge in [0.05, 0.1) is 28.1 Å². The van der Waals surface area contributed by atoms with E-state index in [1.54, 1.807) is 0 Å². The molecule has 4 aliphatic rings. The average Bonchev–Trinajstić information content (AvgIpc) is 3.76. The van der Waals surface area contributed by atoms with Crippen LogP contribution in [0.1, 0.15) is 0 Å². The molecule has 0 saturated heterocycles. The van der Waals surface area contributed by atoms with E-state index in [0.29, 0.717) is 0 Å². The van der Waals surface area contributed by atoms with Crippen LogP contribution in [0.15, 0.2) is 174 Å². The Bertz CT molecular complexity index is 3340. The number of hydrogen-bond donors (Lipinski definition) is 0. The summed E-state index contributed by atoms with van der Waals surface area (Å²) in [4.78, 5) is 5.30. The second-order valence-electron chi connectivity index (χ2n) is 15.1. The Balaban J connectivity index is 1.30. The number of nitrogens with zero attached hydrogens (tertiary/aromatic N) is 3. The third-order valence-corrected chi connectivity index (χ3v) is 13.9. The Morgan fingerprint density at radius 2 is 0.907 bits per heavy atom. The van der Waals surface area contributed by atoms with Gasteiger partial charge in [-0.25, -0.2) is 0 Å². The third-order valence-electron chi connectivity index (χ3n) is 12.7. The topological polar surface area (TPSA) is 13.1 Å². The van der Waals surface area contributed by atoms with Gasteiger partial charge in [-0.3, -0.25) is 0 Å². The van der Waals surface area contributed by atoms with Crippen LogP contribution in [0, 0.1) is 0 Å². The zero-order valence-electron chi connectivity index (χ0n) is 29.0. The summed E-state index contributed by atoms with van der Waals surface area (Å²) in [5.74, 6) is 0. The lowest BCUT2D eigenvalue weighted by molar-refractivity contribution is 1.09. The molecule has 0 N–H and O–H groups in total. The van der Waals surface area contributed by atoms with Gasteiger partial charge in [0.2, 0.25) is 6.71 Å². The number of fused-ring (bicyclic) bond motifs is 16. The van der Waals surface area contributed by atoms with Crippen LogP contribution in [0.25, 0.3) is 55.0 Å². The number of para-hydroxylation sites is 6. The summed E-state index contributed by atoms with van der Waals surface area (Å²) in [6, 6.07) is 61.6. The van der Waals surface area contributed by atoms with E-state index in [4.69, 9.17) is 0 Å². The highest BCUT2D eigenvalue weighted by Crippen LogP contribution is 2.50. The second-order valence-corrected chi connectivity index (χ2v) is 16.2. The van der Waals surface area contributed by atoms with Crippen LogP contribution in [-0.2, 0) is 0 Å². The number of anilines is 3. The molecule has 2 aromatic heterocycles. The van der Waals surface area contributed by atoms with E-state index in [1.807, 2.05) is 11.8 Å². The minimum atomic E-state index is 0.0546. The van der Waals surface area contributed by atoms with Gasteiger partial charge in [0.25, 0.3) is 6.71 Å². The molecule has 0 atom stereocenters. The maximum absolute atomic E-state index is 2.67. The van der Waals surface area contributed by atoms with Crippen LogP contribution in [0.3, 0.4) is 0 Å². The van der Waals surface area contributed by atoms with Gasteiger partial charge in [-0.05, 0) is 63.7 Å². The normalized spacial score (nSPS) is 14.1. The summed E-state index contributed by atoms with van der Waals surface area (Å²) in [5, 5.41) is 5.25. The molecule has 3 nitrogen and oxygen atoms in total. The van der Waals surface area contributed by atoms with Crippen LogP contribution in [0.2, 0.25) is 0 Å². The van der Waals surface area contributed by atoms with Crippen molar-refractivity contribution in [1.82, 2.24) is 9.13 Å². The lowest BCUT2D eigenvalue weighted by Gasteiger charge is -2.45. The number of benzene rings is 8. The van der Waals surface area contributed by atoms with Crippen molar-refractivity contribution in [2.24, 2.45) is 0 Å². The van der Waals surface area contributed by atoms with Crippen LogP contribution in [0.4, 0.5) is 17.1 Å². The maximum Gasteiger partial charge on any atom is 0.252 e. The van der Waals surface area contributed by atoms with Crippen molar-refractivity contribution < 1.29 is 0 Å². The van der Waals surface area contributed by atoms with Crippen molar-refractivity contribution in [2.75, 3.05) is 4.90 Å². The Hall–Kier alpha value is -6.36. The number of hydrogen-bond acceptors (Lipinski definition) is 2. The van der Waals surface area contributed by atoms with Gasteiger partial charge < -0.3 is 14.0 Å². The minimum absolute atomic E-state index is 0.0546. The summed E-state index contributed by atoms with van der Waals surface area (Å²) in [6.45, 7) is 0.135. The summed E-state index contributed by atoms with van der Waals surface area (Å²) in [7, 11) is 0. The van der Waals surface area contributed by atoms with Crippen molar-refractivity contribution in [1.29, 1.82) is 0 Å². The molecule has 0 saturated carbocycles. The molecule has 0 spiro atoms. The first-order chi connectivity index (χ1) is 26.9. The predicted octanol–water partition coefficient (Wildman–Crippen LogP) is 7.79. The Kier molecular flexibility index (Phi) is 5.11. The average molecular weight is 699 g/mol. The maximum atomic E-state index is 2.67. The molecule has 0 aliphatic carbocycles. The van der Waals surface area contributed by atoms with Gasteiger partial charge in [-0.15, -0.1) is 0 Å². The molecule has 0 amide bonds. The smallest absolute Gasteiger partial charge is 0.252 e. The summed E-state index contributed by atoms with van der Waals surface area (Å²) in [6.07, 6.45) is 0. The molecule has 54 heavy (non-hydrogen) atoms. The fourth-order valence-electron chi connectivity index (χ4n) is 10.8. The zero-order valence-corrected chi connectivity index (χ0v) is 29.8. The first-order valence-electron chi connectivity index (χ1n) is 18.9. The summed E-state index contributed by atoms with van der Waals surface area (Å²) in [5.41, 5.74) is 19.9.